The lowest BCUT2D eigenvalue weighted by atomic mass is 10.1. The standard InChI is InChI=1S/C19H22N2O6/c20-16(9-12-1-5-14(22)6-2-12)18(24)26-11-27-19(25)17(21)10-13-3-7-15(23)8-4-13/h1-8,16-17,22-23H,9-11,20-21H2/p+2. The van der Waals surface area contributed by atoms with Crippen LogP contribution < -0.4 is 11.5 Å². The molecule has 0 aliphatic heterocycles. The Morgan fingerprint density at radius 3 is 1.41 bits per heavy atom. The monoisotopic (exact) mass is 376 g/mol. The van der Waals surface area contributed by atoms with Gasteiger partial charge in [0.05, 0.1) is 0 Å². The molecule has 144 valence electrons. The predicted octanol–water partition coefficient (Wildman–Crippen LogP) is -0.852. The van der Waals surface area contributed by atoms with E-state index in [-0.39, 0.29) is 11.5 Å². The molecule has 2 unspecified atom stereocenters. The number of phenolic OH excluding ortho intramolecular Hbond substituents is 2. The Balaban J connectivity index is 1.72. The summed E-state index contributed by atoms with van der Waals surface area (Å²) < 4.78 is 9.86. The molecule has 8 heteroatoms. The van der Waals surface area contributed by atoms with Crippen molar-refractivity contribution in [2.75, 3.05) is 6.79 Å². The molecule has 0 bridgehead atoms. The maximum absolute atomic E-state index is 11.9. The first-order valence-corrected chi connectivity index (χ1v) is 8.40. The van der Waals surface area contributed by atoms with Crippen LogP contribution in [0.2, 0.25) is 0 Å². The maximum Gasteiger partial charge on any atom is 0.367 e. The van der Waals surface area contributed by atoms with Crippen LogP contribution in [0.3, 0.4) is 0 Å². The zero-order chi connectivity index (χ0) is 19.8. The van der Waals surface area contributed by atoms with E-state index >= 15 is 0 Å². The summed E-state index contributed by atoms with van der Waals surface area (Å²) >= 11 is 0. The van der Waals surface area contributed by atoms with Gasteiger partial charge in [-0.05, 0) is 35.4 Å². The SMILES string of the molecule is [NH3+]C(Cc1ccc(O)cc1)C(=O)OCOC(=O)C([NH3+])Cc1ccc(O)cc1. The van der Waals surface area contributed by atoms with Crippen LogP contribution in [0.5, 0.6) is 11.5 Å². The molecule has 0 aliphatic rings. The van der Waals surface area contributed by atoms with E-state index in [1.807, 2.05) is 0 Å². The van der Waals surface area contributed by atoms with Crippen molar-refractivity contribution in [3.05, 3.63) is 59.7 Å². The first-order valence-electron chi connectivity index (χ1n) is 8.40. The number of rotatable bonds is 8. The Morgan fingerprint density at radius 2 is 1.07 bits per heavy atom. The second-order valence-corrected chi connectivity index (χ2v) is 6.18. The molecular weight excluding hydrogens is 352 g/mol. The zero-order valence-electron chi connectivity index (χ0n) is 14.8. The molecule has 2 aromatic rings. The molecule has 0 fully saturated rings. The predicted molar refractivity (Wildman–Crippen MR) is 94.0 cm³/mol. The fourth-order valence-corrected chi connectivity index (χ4v) is 2.38. The van der Waals surface area contributed by atoms with Gasteiger partial charge < -0.3 is 31.2 Å². The van der Waals surface area contributed by atoms with Crippen LogP contribution >= 0.6 is 0 Å². The summed E-state index contributed by atoms with van der Waals surface area (Å²) in [4.78, 5) is 23.8. The number of aromatic hydroxyl groups is 2. The molecule has 2 atom stereocenters. The van der Waals surface area contributed by atoms with Gasteiger partial charge >= 0.3 is 11.9 Å². The van der Waals surface area contributed by atoms with Crippen molar-refractivity contribution in [1.29, 1.82) is 0 Å². The molecule has 0 aliphatic carbocycles. The van der Waals surface area contributed by atoms with E-state index in [9.17, 15) is 19.8 Å². The van der Waals surface area contributed by atoms with Crippen molar-refractivity contribution in [3.8, 4) is 11.5 Å². The largest absolute Gasteiger partial charge is 0.508 e. The Kier molecular flexibility index (Phi) is 7.16. The highest BCUT2D eigenvalue weighted by atomic mass is 16.7. The summed E-state index contributed by atoms with van der Waals surface area (Å²) in [6.45, 7) is -0.499. The normalized spacial score (nSPS) is 12.8. The molecule has 0 saturated carbocycles. The Labute approximate surface area is 156 Å². The van der Waals surface area contributed by atoms with Crippen LogP contribution in [0, 0.1) is 0 Å². The van der Waals surface area contributed by atoms with Gasteiger partial charge in [-0.15, -0.1) is 0 Å². The van der Waals surface area contributed by atoms with E-state index in [2.05, 4.69) is 11.5 Å². The van der Waals surface area contributed by atoms with E-state index < -0.39 is 30.8 Å². The molecule has 0 radical (unpaired) electrons. The number of ether oxygens (including phenoxy) is 2. The Hall–Kier alpha value is -3.10. The van der Waals surface area contributed by atoms with Crippen molar-refractivity contribution in [3.63, 3.8) is 0 Å². The smallest absolute Gasteiger partial charge is 0.367 e. The molecular formula is C19H24N2O6+2. The minimum absolute atomic E-state index is 0.142. The number of benzene rings is 2. The first kappa shape index (κ1) is 20.2. The maximum atomic E-state index is 11.9. The number of carbonyl (C=O) groups excluding carboxylic acids is 2. The van der Waals surface area contributed by atoms with Gasteiger partial charge in [0.2, 0.25) is 6.79 Å². The number of quaternary nitrogens is 2. The molecule has 0 heterocycles. The Bertz CT molecular complexity index is 695. The van der Waals surface area contributed by atoms with Crippen molar-refractivity contribution in [2.45, 2.75) is 24.9 Å². The van der Waals surface area contributed by atoms with Crippen LogP contribution in [0.1, 0.15) is 11.1 Å². The summed E-state index contributed by atoms with van der Waals surface area (Å²) in [5.74, 6) is -0.891. The second-order valence-electron chi connectivity index (χ2n) is 6.18. The molecule has 8 N–H and O–H groups in total. The van der Waals surface area contributed by atoms with E-state index in [1.165, 1.54) is 24.3 Å². The number of esters is 2. The van der Waals surface area contributed by atoms with Crippen LogP contribution in [-0.2, 0) is 31.9 Å². The molecule has 27 heavy (non-hydrogen) atoms. The molecule has 2 rings (SSSR count). The van der Waals surface area contributed by atoms with Crippen molar-refractivity contribution in [2.24, 2.45) is 0 Å². The topological polar surface area (TPSA) is 148 Å². The molecule has 8 nitrogen and oxygen atoms in total. The number of hydrogen-bond acceptors (Lipinski definition) is 6. The summed E-state index contributed by atoms with van der Waals surface area (Å²) in [7, 11) is 0. The lowest BCUT2D eigenvalue weighted by Gasteiger charge is -2.11. The zero-order valence-corrected chi connectivity index (χ0v) is 14.8. The van der Waals surface area contributed by atoms with E-state index in [0.29, 0.717) is 12.8 Å². The van der Waals surface area contributed by atoms with Gasteiger partial charge in [0, 0.05) is 12.8 Å². The van der Waals surface area contributed by atoms with Crippen molar-refractivity contribution in [1.82, 2.24) is 0 Å². The third-order valence-corrected chi connectivity index (χ3v) is 3.91. The minimum Gasteiger partial charge on any atom is -0.508 e. The number of hydrogen-bond donors (Lipinski definition) is 4. The quantitative estimate of drug-likeness (QED) is 0.348. The van der Waals surface area contributed by atoms with Crippen molar-refractivity contribution < 1.29 is 40.7 Å². The highest BCUT2D eigenvalue weighted by molar-refractivity contribution is 5.76. The van der Waals surface area contributed by atoms with Crippen molar-refractivity contribution >= 4 is 11.9 Å². The highest BCUT2D eigenvalue weighted by Crippen LogP contribution is 2.12. The van der Waals surface area contributed by atoms with Crippen LogP contribution in [0.25, 0.3) is 0 Å². The van der Waals surface area contributed by atoms with Gasteiger partial charge in [0.25, 0.3) is 0 Å². The first-order chi connectivity index (χ1) is 12.8. The van der Waals surface area contributed by atoms with E-state index in [1.54, 1.807) is 24.3 Å². The number of phenols is 2. The third-order valence-electron chi connectivity index (χ3n) is 3.91. The van der Waals surface area contributed by atoms with E-state index in [4.69, 9.17) is 9.47 Å². The van der Waals surface area contributed by atoms with Gasteiger partial charge in [-0.3, -0.25) is 0 Å². The molecule has 0 spiro atoms. The summed E-state index contributed by atoms with van der Waals surface area (Å²) in [5, 5.41) is 18.5. The lowest BCUT2D eigenvalue weighted by Crippen LogP contribution is -2.67. The van der Waals surface area contributed by atoms with Gasteiger partial charge in [-0.2, -0.15) is 0 Å². The molecule has 0 saturated heterocycles. The van der Waals surface area contributed by atoms with E-state index in [0.717, 1.165) is 11.1 Å². The highest BCUT2D eigenvalue weighted by Gasteiger charge is 2.23. The van der Waals surface area contributed by atoms with Gasteiger partial charge in [-0.1, -0.05) is 24.3 Å². The summed E-state index contributed by atoms with van der Waals surface area (Å²) in [6.07, 6.45) is 0.678. The molecule has 0 amide bonds. The molecule has 2 aromatic carbocycles. The summed E-state index contributed by atoms with van der Waals surface area (Å²) in [5.41, 5.74) is 9.14. The van der Waals surface area contributed by atoms with Gasteiger partial charge in [0.15, 0.2) is 12.1 Å². The third kappa shape index (κ3) is 6.61. The van der Waals surface area contributed by atoms with Crippen LogP contribution in [0.15, 0.2) is 48.5 Å². The van der Waals surface area contributed by atoms with Crippen LogP contribution in [0.4, 0.5) is 0 Å². The number of carbonyl (C=O) groups is 2. The lowest BCUT2D eigenvalue weighted by molar-refractivity contribution is -0.411. The molecule has 0 aromatic heterocycles. The average molecular weight is 376 g/mol. The van der Waals surface area contributed by atoms with Gasteiger partial charge in [0.1, 0.15) is 11.5 Å². The Morgan fingerprint density at radius 1 is 0.741 bits per heavy atom. The van der Waals surface area contributed by atoms with Gasteiger partial charge in [-0.25, -0.2) is 9.59 Å². The fourth-order valence-electron chi connectivity index (χ4n) is 2.38. The fraction of sp³-hybridized carbons (Fsp3) is 0.263. The van der Waals surface area contributed by atoms with Crippen LogP contribution in [-0.4, -0.2) is 41.0 Å². The summed E-state index contributed by atoms with van der Waals surface area (Å²) in [6, 6.07) is 11.5. The second kappa shape index (κ2) is 9.56. The average Bonchev–Trinajstić information content (AvgIpc) is 2.65. The minimum atomic E-state index is -0.666.